The standard InChI is InChI=1S/C23H25F2N3O2S/c1-2-3-4-13-30-18-7-5-16(6-8-18)22(29)27-9-11-28(12-10-27)23-26-21-19(25)14-17(24)15-20(21)31-23/h5-8,14-15H,2-4,9-13H2,1H3. The number of hydrogen-bond acceptors (Lipinski definition) is 5. The molecular weight excluding hydrogens is 420 g/mol. The first-order chi connectivity index (χ1) is 15.0. The first kappa shape index (κ1) is 21.5. The zero-order chi connectivity index (χ0) is 21.8. The smallest absolute Gasteiger partial charge is 0.253 e. The maximum Gasteiger partial charge on any atom is 0.253 e. The van der Waals surface area contributed by atoms with Gasteiger partial charge in [0.1, 0.15) is 17.1 Å². The molecule has 4 rings (SSSR count). The Labute approximate surface area is 184 Å². The molecule has 2 aromatic carbocycles. The van der Waals surface area contributed by atoms with Crippen molar-refractivity contribution >= 4 is 32.6 Å². The second-order valence-corrected chi connectivity index (χ2v) is 8.60. The van der Waals surface area contributed by atoms with Crippen LogP contribution in [0.3, 0.4) is 0 Å². The second-order valence-electron chi connectivity index (χ2n) is 7.59. The third kappa shape index (κ3) is 4.95. The fraction of sp³-hybridized carbons (Fsp3) is 0.391. The molecule has 1 aliphatic heterocycles. The molecule has 3 aromatic rings. The maximum atomic E-state index is 13.9. The van der Waals surface area contributed by atoms with Gasteiger partial charge in [0.2, 0.25) is 0 Å². The number of carbonyl (C=O) groups excluding carboxylic acids is 1. The molecule has 0 N–H and O–H groups in total. The van der Waals surface area contributed by atoms with Crippen LogP contribution in [0.5, 0.6) is 5.75 Å². The number of ether oxygens (including phenoxy) is 1. The molecule has 0 bridgehead atoms. The molecule has 1 saturated heterocycles. The SMILES string of the molecule is CCCCCOc1ccc(C(=O)N2CCN(c3nc4c(F)cc(F)cc4s3)CC2)cc1. The van der Waals surface area contributed by atoms with Crippen molar-refractivity contribution in [3.63, 3.8) is 0 Å². The number of anilines is 1. The van der Waals surface area contributed by atoms with E-state index in [0.717, 1.165) is 31.1 Å². The van der Waals surface area contributed by atoms with Crippen LogP contribution in [0.15, 0.2) is 36.4 Å². The summed E-state index contributed by atoms with van der Waals surface area (Å²) in [7, 11) is 0. The Morgan fingerprint density at radius 1 is 1.10 bits per heavy atom. The summed E-state index contributed by atoms with van der Waals surface area (Å²) in [4.78, 5) is 21.0. The fourth-order valence-electron chi connectivity index (χ4n) is 3.60. The van der Waals surface area contributed by atoms with E-state index in [4.69, 9.17) is 4.74 Å². The van der Waals surface area contributed by atoms with Gasteiger partial charge in [-0.25, -0.2) is 13.8 Å². The van der Waals surface area contributed by atoms with Gasteiger partial charge in [-0.1, -0.05) is 31.1 Å². The van der Waals surface area contributed by atoms with Gasteiger partial charge in [-0.05, 0) is 36.8 Å². The van der Waals surface area contributed by atoms with Crippen molar-refractivity contribution in [2.75, 3.05) is 37.7 Å². The Balaban J connectivity index is 1.34. The van der Waals surface area contributed by atoms with Gasteiger partial charge in [-0.3, -0.25) is 4.79 Å². The molecule has 1 fully saturated rings. The predicted octanol–water partition coefficient (Wildman–Crippen LogP) is 5.11. The number of nitrogens with zero attached hydrogens (tertiary/aromatic N) is 3. The third-order valence-corrected chi connectivity index (χ3v) is 6.42. The number of thiazole rings is 1. The Morgan fingerprint density at radius 2 is 1.84 bits per heavy atom. The molecule has 8 heteroatoms. The lowest BCUT2D eigenvalue weighted by Gasteiger charge is -2.34. The van der Waals surface area contributed by atoms with E-state index in [0.29, 0.717) is 48.2 Å². The molecule has 0 radical (unpaired) electrons. The van der Waals surface area contributed by atoms with Crippen LogP contribution in [-0.4, -0.2) is 48.6 Å². The summed E-state index contributed by atoms with van der Waals surface area (Å²) in [5.41, 5.74) is 0.823. The van der Waals surface area contributed by atoms with Crippen LogP contribution in [0.1, 0.15) is 36.5 Å². The highest BCUT2D eigenvalue weighted by atomic mass is 32.1. The van der Waals surface area contributed by atoms with E-state index >= 15 is 0 Å². The number of unbranched alkanes of at least 4 members (excludes halogenated alkanes) is 2. The minimum Gasteiger partial charge on any atom is -0.494 e. The predicted molar refractivity (Wildman–Crippen MR) is 119 cm³/mol. The van der Waals surface area contributed by atoms with Crippen LogP contribution in [0.2, 0.25) is 0 Å². The average molecular weight is 446 g/mol. The molecule has 0 atom stereocenters. The van der Waals surface area contributed by atoms with Gasteiger partial charge in [0.25, 0.3) is 5.91 Å². The summed E-state index contributed by atoms with van der Waals surface area (Å²) in [6, 6.07) is 9.43. The van der Waals surface area contributed by atoms with E-state index < -0.39 is 11.6 Å². The van der Waals surface area contributed by atoms with Crippen molar-refractivity contribution in [1.29, 1.82) is 0 Å². The number of aromatic nitrogens is 1. The quantitative estimate of drug-likeness (QED) is 0.475. The molecule has 164 valence electrons. The van der Waals surface area contributed by atoms with Gasteiger partial charge in [-0.15, -0.1) is 0 Å². The minimum atomic E-state index is -0.649. The summed E-state index contributed by atoms with van der Waals surface area (Å²) in [6.45, 7) is 5.11. The van der Waals surface area contributed by atoms with Crippen LogP contribution in [0, 0.1) is 11.6 Å². The highest BCUT2D eigenvalue weighted by molar-refractivity contribution is 7.22. The molecule has 0 saturated carbocycles. The lowest BCUT2D eigenvalue weighted by molar-refractivity contribution is 0.0746. The number of benzene rings is 2. The van der Waals surface area contributed by atoms with E-state index in [1.165, 1.54) is 17.4 Å². The Hall–Kier alpha value is -2.74. The molecule has 1 amide bonds. The second kappa shape index (κ2) is 9.60. The van der Waals surface area contributed by atoms with E-state index in [-0.39, 0.29) is 11.4 Å². The van der Waals surface area contributed by atoms with E-state index in [1.807, 2.05) is 17.0 Å². The lowest BCUT2D eigenvalue weighted by Crippen LogP contribution is -2.48. The van der Waals surface area contributed by atoms with Crippen molar-refractivity contribution < 1.29 is 18.3 Å². The van der Waals surface area contributed by atoms with Gasteiger partial charge >= 0.3 is 0 Å². The topological polar surface area (TPSA) is 45.7 Å². The Kier molecular flexibility index (Phi) is 6.65. The van der Waals surface area contributed by atoms with Crippen LogP contribution in [0.4, 0.5) is 13.9 Å². The van der Waals surface area contributed by atoms with Crippen molar-refractivity contribution in [2.45, 2.75) is 26.2 Å². The molecule has 5 nitrogen and oxygen atoms in total. The summed E-state index contributed by atoms with van der Waals surface area (Å²) < 4.78 is 33.6. The average Bonchev–Trinajstić information content (AvgIpc) is 3.21. The normalized spacial score (nSPS) is 14.3. The van der Waals surface area contributed by atoms with Gasteiger partial charge in [-0.2, -0.15) is 0 Å². The van der Waals surface area contributed by atoms with Crippen molar-refractivity contribution in [2.24, 2.45) is 0 Å². The Bertz CT molecular complexity index is 1050. The highest BCUT2D eigenvalue weighted by Gasteiger charge is 2.24. The van der Waals surface area contributed by atoms with E-state index in [9.17, 15) is 13.6 Å². The zero-order valence-electron chi connectivity index (χ0n) is 17.4. The fourth-order valence-corrected chi connectivity index (χ4v) is 4.66. The van der Waals surface area contributed by atoms with Gasteiger partial charge in [0, 0.05) is 37.8 Å². The molecule has 0 unspecified atom stereocenters. The number of fused-ring (bicyclic) bond motifs is 1. The number of piperazine rings is 1. The molecule has 0 aliphatic carbocycles. The monoisotopic (exact) mass is 445 g/mol. The first-order valence-corrected chi connectivity index (χ1v) is 11.4. The van der Waals surface area contributed by atoms with Gasteiger partial charge in [0.05, 0.1) is 11.3 Å². The largest absolute Gasteiger partial charge is 0.494 e. The molecule has 1 aromatic heterocycles. The van der Waals surface area contributed by atoms with Crippen molar-refractivity contribution in [1.82, 2.24) is 9.88 Å². The molecule has 0 spiro atoms. The zero-order valence-corrected chi connectivity index (χ0v) is 18.3. The third-order valence-electron chi connectivity index (χ3n) is 5.36. The Morgan fingerprint density at radius 3 is 2.55 bits per heavy atom. The van der Waals surface area contributed by atoms with Crippen LogP contribution in [-0.2, 0) is 0 Å². The number of amides is 1. The van der Waals surface area contributed by atoms with Crippen LogP contribution < -0.4 is 9.64 Å². The van der Waals surface area contributed by atoms with Gasteiger partial charge < -0.3 is 14.5 Å². The van der Waals surface area contributed by atoms with Crippen LogP contribution in [0.25, 0.3) is 10.2 Å². The summed E-state index contributed by atoms with van der Waals surface area (Å²) >= 11 is 1.27. The molecule has 2 heterocycles. The molecule has 31 heavy (non-hydrogen) atoms. The summed E-state index contributed by atoms with van der Waals surface area (Å²) in [5.74, 6) is -0.497. The highest BCUT2D eigenvalue weighted by Crippen LogP contribution is 2.31. The number of hydrogen-bond donors (Lipinski definition) is 0. The lowest BCUT2D eigenvalue weighted by atomic mass is 10.1. The minimum absolute atomic E-state index is 0.0189. The number of carbonyl (C=O) groups is 1. The van der Waals surface area contributed by atoms with Crippen LogP contribution >= 0.6 is 11.3 Å². The van der Waals surface area contributed by atoms with E-state index in [1.54, 1.807) is 17.0 Å². The van der Waals surface area contributed by atoms with E-state index in [2.05, 4.69) is 11.9 Å². The maximum absolute atomic E-state index is 13.9. The first-order valence-electron chi connectivity index (χ1n) is 10.6. The molecular formula is C23H25F2N3O2S. The molecule has 1 aliphatic rings. The number of halogens is 2. The van der Waals surface area contributed by atoms with Crippen molar-refractivity contribution in [3.8, 4) is 5.75 Å². The van der Waals surface area contributed by atoms with Crippen molar-refractivity contribution in [3.05, 3.63) is 53.6 Å². The summed E-state index contributed by atoms with van der Waals surface area (Å²) in [5, 5.41) is 0.649. The summed E-state index contributed by atoms with van der Waals surface area (Å²) in [6.07, 6.45) is 3.32. The number of rotatable bonds is 7. The van der Waals surface area contributed by atoms with Gasteiger partial charge in [0.15, 0.2) is 10.9 Å².